The molecule has 0 spiro atoms. The summed E-state index contributed by atoms with van der Waals surface area (Å²) >= 11 is 0. The Balaban J connectivity index is 1.34. The zero-order chi connectivity index (χ0) is 21.9. The largest absolute Gasteiger partial charge is 0.338 e. The van der Waals surface area contributed by atoms with Gasteiger partial charge in [-0.2, -0.15) is 0 Å². The standard InChI is InChI=1S/C27H23N3O2/c31-26(25-15-14-20-10-4-6-12-23(20)28-25)29-24-13-7-5-11-22(24)27(32)30-17-16-21(18-30)19-8-2-1-3-9-19/h1-15,21H,16-18H2,(H,29,31). The maximum absolute atomic E-state index is 13.3. The van der Waals surface area contributed by atoms with E-state index in [1.807, 2.05) is 65.6 Å². The number of nitrogens with zero attached hydrogens (tertiary/aromatic N) is 2. The number of benzene rings is 3. The third kappa shape index (κ3) is 3.97. The molecule has 32 heavy (non-hydrogen) atoms. The fourth-order valence-corrected chi connectivity index (χ4v) is 4.27. The maximum Gasteiger partial charge on any atom is 0.274 e. The van der Waals surface area contributed by atoms with Crippen molar-refractivity contribution in [2.24, 2.45) is 0 Å². The summed E-state index contributed by atoms with van der Waals surface area (Å²) in [5.74, 6) is -0.0610. The van der Waals surface area contributed by atoms with Crippen molar-refractivity contribution in [1.29, 1.82) is 0 Å². The van der Waals surface area contributed by atoms with Crippen molar-refractivity contribution in [3.8, 4) is 0 Å². The normalized spacial score (nSPS) is 15.6. The van der Waals surface area contributed by atoms with E-state index in [1.54, 1.807) is 18.2 Å². The van der Waals surface area contributed by atoms with Gasteiger partial charge in [0.05, 0.1) is 16.8 Å². The molecule has 5 nitrogen and oxygen atoms in total. The van der Waals surface area contributed by atoms with E-state index in [-0.39, 0.29) is 11.8 Å². The molecule has 1 aromatic heterocycles. The fraction of sp³-hybridized carbons (Fsp3) is 0.148. The average Bonchev–Trinajstić information content (AvgIpc) is 3.35. The number of anilines is 1. The fourth-order valence-electron chi connectivity index (χ4n) is 4.27. The van der Waals surface area contributed by atoms with Gasteiger partial charge in [-0.25, -0.2) is 4.98 Å². The lowest BCUT2D eigenvalue weighted by atomic mass is 9.99. The second-order valence-corrected chi connectivity index (χ2v) is 8.04. The first-order valence-corrected chi connectivity index (χ1v) is 10.8. The van der Waals surface area contributed by atoms with Gasteiger partial charge in [-0.15, -0.1) is 0 Å². The lowest BCUT2D eigenvalue weighted by Crippen LogP contribution is -2.29. The number of likely N-dealkylation sites (tertiary alicyclic amines) is 1. The molecule has 0 radical (unpaired) electrons. The molecule has 1 atom stereocenters. The molecule has 1 saturated heterocycles. The molecule has 5 rings (SSSR count). The van der Waals surface area contributed by atoms with Crippen LogP contribution in [0, 0.1) is 0 Å². The molecule has 1 N–H and O–H groups in total. The molecule has 1 aliphatic rings. The number of hydrogen-bond acceptors (Lipinski definition) is 3. The number of fused-ring (bicyclic) bond motifs is 1. The number of nitrogens with one attached hydrogen (secondary N) is 1. The Labute approximate surface area is 186 Å². The quantitative estimate of drug-likeness (QED) is 0.498. The molecular formula is C27H23N3O2. The van der Waals surface area contributed by atoms with E-state index in [2.05, 4.69) is 22.4 Å². The summed E-state index contributed by atoms with van der Waals surface area (Å²) < 4.78 is 0. The van der Waals surface area contributed by atoms with Crippen LogP contribution in [-0.4, -0.2) is 34.8 Å². The Hall–Kier alpha value is -3.99. The average molecular weight is 422 g/mol. The smallest absolute Gasteiger partial charge is 0.274 e. The molecule has 0 bridgehead atoms. The molecule has 2 amide bonds. The summed E-state index contributed by atoms with van der Waals surface area (Å²) in [6.45, 7) is 1.38. The number of aromatic nitrogens is 1. The van der Waals surface area contributed by atoms with Crippen molar-refractivity contribution >= 4 is 28.4 Å². The van der Waals surface area contributed by atoms with E-state index in [0.717, 1.165) is 17.3 Å². The first-order chi connectivity index (χ1) is 15.7. The van der Waals surface area contributed by atoms with Gasteiger partial charge >= 0.3 is 0 Å². The van der Waals surface area contributed by atoms with Crippen LogP contribution >= 0.6 is 0 Å². The molecule has 3 aromatic carbocycles. The minimum atomic E-state index is -0.334. The zero-order valence-electron chi connectivity index (χ0n) is 17.6. The highest BCUT2D eigenvalue weighted by atomic mass is 16.2. The van der Waals surface area contributed by atoms with Crippen molar-refractivity contribution in [2.45, 2.75) is 12.3 Å². The van der Waals surface area contributed by atoms with Gasteiger partial charge < -0.3 is 10.2 Å². The van der Waals surface area contributed by atoms with Crippen LogP contribution in [0.5, 0.6) is 0 Å². The van der Waals surface area contributed by atoms with Crippen molar-refractivity contribution in [2.75, 3.05) is 18.4 Å². The van der Waals surface area contributed by atoms with E-state index in [1.165, 1.54) is 5.56 Å². The SMILES string of the molecule is O=C(Nc1ccccc1C(=O)N1CCC(c2ccccc2)C1)c1ccc2ccccc2n1. The third-order valence-electron chi connectivity index (χ3n) is 5.98. The predicted octanol–water partition coefficient (Wildman–Crippen LogP) is 5.12. The van der Waals surface area contributed by atoms with Gasteiger partial charge in [0, 0.05) is 24.4 Å². The molecule has 1 fully saturated rings. The molecule has 1 aliphatic heterocycles. The van der Waals surface area contributed by atoms with Crippen LogP contribution in [0.15, 0.2) is 91.0 Å². The van der Waals surface area contributed by atoms with Crippen molar-refractivity contribution in [3.05, 3.63) is 108 Å². The number of carbonyl (C=O) groups excluding carboxylic acids is 2. The number of para-hydroxylation sites is 2. The predicted molar refractivity (Wildman–Crippen MR) is 126 cm³/mol. The topological polar surface area (TPSA) is 62.3 Å². The lowest BCUT2D eigenvalue weighted by molar-refractivity contribution is 0.0792. The van der Waals surface area contributed by atoms with E-state index < -0.39 is 0 Å². The molecule has 0 aliphatic carbocycles. The van der Waals surface area contributed by atoms with Crippen LogP contribution < -0.4 is 5.32 Å². The second-order valence-electron chi connectivity index (χ2n) is 8.04. The molecule has 2 heterocycles. The van der Waals surface area contributed by atoms with Gasteiger partial charge in [0.1, 0.15) is 5.69 Å². The third-order valence-corrected chi connectivity index (χ3v) is 5.98. The summed E-state index contributed by atoms with van der Waals surface area (Å²) in [6.07, 6.45) is 0.936. The van der Waals surface area contributed by atoms with E-state index in [0.29, 0.717) is 36.0 Å². The van der Waals surface area contributed by atoms with Gasteiger partial charge in [0.2, 0.25) is 0 Å². The maximum atomic E-state index is 13.3. The van der Waals surface area contributed by atoms with Crippen molar-refractivity contribution < 1.29 is 9.59 Å². The Kier molecular flexibility index (Phi) is 5.38. The number of pyridine rings is 1. The van der Waals surface area contributed by atoms with E-state index in [9.17, 15) is 9.59 Å². The number of rotatable bonds is 4. The van der Waals surface area contributed by atoms with Gasteiger partial charge in [-0.05, 0) is 36.2 Å². The molecule has 5 heteroatoms. The number of carbonyl (C=O) groups is 2. The number of hydrogen-bond donors (Lipinski definition) is 1. The Morgan fingerprint density at radius 3 is 2.47 bits per heavy atom. The Bertz CT molecular complexity index is 1290. The molecule has 4 aromatic rings. The number of amides is 2. The molecule has 1 unspecified atom stereocenters. The highest BCUT2D eigenvalue weighted by Gasteiger charge is 2.29. The summed E-state index contributed by atoms with van der Waals surface area (Å²) in [6, 6.07) is 28.7. The zero-order valence-corrected chi connectivity index (χ0v) is 17.6. The van der Waals surface area contributed by atoms with Gasteiger partial charge in [0.25, 0.3) is 11.8 Å². The molecule has 0 saturated carbocycles. The minimum absolute atomic E-state index is 0.0641. The van der Waals surface area contributed by atoms with Crippen LogP contribution in [0.1, 0.15) is 38.7 Å². The Morgan fingerprint density at radius 1 is 0.844 bits per heavy atom. The van der Waals surface area contributed by atoms with Gasteiger partial charge in [-0.3, -0.25) is 9.59 Å². The minimum Gasteiger partial charge on any atom is -0.338 e. The first kappa shape index (κ1) is 19.9. The van der Waals surface area contributed by atoms with Crippen LogP contribution in [-0.2, 0) is 0 Å². The second kappa shape index (κ2) is 8.63. The summed E-state index contributed by atoms with van der Waals surface area (Å²) in [7, 11) is 0. The van der Waals surface area contributed by atoms with Gasteiger partial charge in [0.15, 0.2) is 0 Å². The Morgan fingerprint density at radius 2 is 1.59 bits per heavy atom. The molecule has 158 valence electrons. The molecular weight excluding hydrogens is 398 g/mol. The highest BCUT2D eigenvalue weighted by Crippen LogP contribution is 2.29. The van der Waals surface area contributed by atoms with E-state index in [4.69, 9.17) is 0 Å². The van der Waals surface area contributed by atoms with Crippen molar-refractivity contribution in [1.82, 2.24) is 9.88 Å². The van der Waals surface area contributed by atoms with Crippen LogP contribution in [0.4, 0.5) is 5.69 Å². The van der Waals surface area contributed by atoms with Crippen molar-refractivity contribution in [3.63, 3.8) is 0 Å². The first-order valence-electron chi connectivity index (χ1n) is 10.8. The van der Waals surface area contributed by atoms with E-state index >= 15 is 0 Å². The highest BCUT2D eigenvalue weighted by molar-refractivity contribution is 6.08. The lowest BCUT2D eigenvalue weighted by Gasteiger charge is -2.19. The summed E-state index contributed by atoms with van der Waals surface area (Å²) in [4.78, 5) is 32.5. The van der Waals surface area contributed by atoms with Gasteiger partial charge in [-0.1, -0.05) is 66.7 Å². The summed E-state index contributed by atoms with van der Waals surface area (Å²) in [5, 5.41) is 3.86. The monoisotopic (exact) mass is 421 g/mol. The summed E-state index contributed by atoms with van der Waals surface area (Å²) in [5.41, 5.74) is 3.33. The van der Waals surface area contributed by atoms with Crippen LogP contribution in [0.25, 0.3) is 10.9 Å². The van der Waals surface area contributed by atoms with Crippen LogP contribution in [0.2, 0.25) is 0 Å². The van der Waals surface area contributed by atoms with Crippen LogP contribution in [0.3, 0.4) is 0 Å².